The van der Waals surface area contributed by atoms with Gasteiger partial charge in [-0.05, 0) is 54.3 Å². The highest BCUT2D eigenvalue weighted by atomic mass is 35.5. The van der Waals surface area contributed by atoms with Gasteiger partial charge in [-0.1, -0.05) is 23.7 Å². The van der Waals surface area contributed by atoms with Crippen molar-refractivity contribution in [1.82, 2.24) is 20.2 Å². The van der Waals surface area contributed by atoms with Crippen LogP contribution in [0.5, 0.6) is 0 Å². The molecule has 0 spiro atoms. The Kier molecular flexibility index (Phi) is 7.08. The number of pyridine rings is 1. The van der Waals surface area contributed by atoms with Crippen molar-refractivity contribution in [2.45, 2.75) is 38.1 Å². The van der Waals surface area contributed by atoms with Crippen molar-refractivity contribution in [2.75, 3.05) is 6.54 Å². The number of aromatic nitrogens is 2. The van der Waals surface area contributed by atoms with E-state index in [1.54, 1.807) is 53.7 Å². The molecule has 1 aliphatic rings. The number of nitrogens with one attached hydrogen (secondary N) is 2. The summed E-state index contributed by atoms with van der Waals surface area (Å²) >= 11 is 6.08. The molecular weight excluding hydrogens is 442 g/mol. The molecule has 2 aromatic heterocycles. The van der Waals surface area contributed by atoms with Gasteiger partial charge in [0.1, 0.15) is 17.8 Å². The lowest BCUT2D eigenvalue weighted by Gasteiger charge is -2.23. The normalized spacial score (nSPS) is 16.6. The lowest BCUT2D eigenvalue weighted by molar-refractivity contribution is -0.125. The molecule has 3 heterocycles. The Morgan fingerprint density at radius 2 is 2.12 bits per heavy atom. The molecule has 9 heteroatoms. The van der Waals surface area contributed by atoms with Crippen LogP contribution in [-0.4, -0.2) is 44.4 Å². The lowest BCUT2D eigenvalue weighted by Crippen LogP contribution is -2.45. The second kappa shape index (κ2) is 10.2. The van der Waals surface area contributed by atoms with Crippen LogP contribution in [0.3, 0.4) is 0 Å². The van der Waals surface area contributed by atoms with Gasteiger partial charge in [0.2, 0.25) is 5.91 Å². The number of benzene rings is 1. The number of aromatic amines is 1. The van der Waals surface area contributed by atoms with E-state index >= 15 is 0 Å². The number of aliphatic hydroxyl groups excluding tert-OH is 1. The van der Waals surface area contributed by atoms with Crippen LogP contribution < -0.4 is 11.1 Å². The molecule has 1 aromatic carbocycles. The maximum absolute atomic E-state index is 13.1. The van der Waals surface area contributed by atoms with Gasteiger partial charge < -0.3 is 26.0 Å². The van der Waals surface area contributed by atoms with Gasteiger partial charge in [0.25, 0.3) is 5.91 Å². The molecule has 2 unspecified atom stereocenters. The molecule has 0 aliphatic carbocycles. The van der Waals surface area contributed by atoms with Crippen molar-refractivity contribution in [1.29, 1.82) is 0 Å². The summed E-state index contributed by atoms with van der Waals surface area (Å²) < 4.78 is 0. The number of carbonyl (C=O) groups excluding carboxylic acids is 2. The minimum absolute atomic E-state index is 0.218. The van der Waals surface area contributed by atoms with Gasteiger partial charge in [0.15, 0.2) is 0 Å². The Labute approximate surface area is 196 Å². The fraction of sp³-hybridized carbons (Fsp3) is 0.292. The van der Waals surface area contributed by atoms with Gasteiger partial charge in [-0.15, -0.1) is 0 Å². The van der Waals surface area contributed by atoms with Crippen LogP contribution in [0.4, 0.5) is 0 Å². The van der Waals surface area contributed by atoms with E-state index in [-0.39, 0.29) is 18.4 Å². The number of hydrogen-bond acceptors (Lipinski definition) is 5. The van der Waals surface area contributed by atoms with Crippen LogP contribution in [0.25, 0.3) is 0 Å². The average molecular weight is 468 g/mol. The van der Waals surface area contributed by atoms with Crippen molar-refractivity contribution in [3.63, 3.8) is 0 Å². The fourth-order valence-corrected chi connectivity index (χ4v) is 4.29. The molecule has 8 nitrogen and oxygen atoms in total. The summed E-state index contributed by atoms with van der Waals surface area (Å²) in [6.07, 6.45) is 3.56. The first-order valence-corrected chi connectivity index (χ1v) is 11.2. The lowest BCUT2D eigenvalue weighted by atomic mass is 10.1. The number of nitrogens with two attached hydrogens (primary N) is 1. The first kappa shape index (κ1) is 23.0. The maximum atomic E-state index is 13.1. The molecule has 33 heavy (non-hydrogen) atoms. The summed E-state index contributed by atoms with van der Waals surface area (Å²) in [4.78, 5) is 34.7. The Morgan fingerprint density at radius 3 is 2.88 bits per heavy atom. The van der Waals surface area contributed by atoms with Crippen LogP contribution in [0.2, 0.25) is 5.02 Å². The molecule has 1 aliphatic heterocycles. The van der Waals surface area contributed by atoms with Gasteiger partial charge in [-0.25, -0.2) is 0 Å². The Bertz CT molecular complexity index is 1130. The predicted octanol–water partition coefficient (Wildman–Crippen LogP) is 2.52. The molecule has 2 amide bonds. The van der Waals surface area contributed by atoms with E-state index < -0.39 is 12.1 Å². The molecule has 0 radical (unpaired) electrons. The number of nitrogens with zero attached hydrogens (tertiary/aromatic N) is 2. The zero-order chi connectivity index (χ0) is 23.4. The predicted molar refractivity (Wildman–Crippen MR) is 124 cm³/mol. The van der Waals surface area contributed by atoms with Crippen LogP contribution in [0, 0.1) is 0 Å². The van der Waals surface area contributed by atoms with Crippen LogP contribution >= 0.6 is 11.6 Å². The van der Waals surface area contributed by atoms with Crippen LogP contribution in [-0.2, 0) is 17.9 Å². The van der Waals surface area contributed by atoms with Gasteiger partial charge in [-0.3, -0.25) is 14.6 Å². The molecule has 0 saturated carbocycles. The second-order valence-corrected chi connectivity index (χ2v) is 8.43. The smallest absolute Gasteiger partial charge is 0.270 e. The number of hydrogen-bond donors (Lipinski definition) is 4. The van der Waals surface area contributed by atoms with E-state index in [0.29, 0.717) is 41.5 Å². The number of likely N-dealkylation sites (tertiary alicyclic amines) is 1. The zero-order valence-corrected chi connectivity index (χ0v) is 18.8. The SMILES string of the molecule is NCc1ccc(Cl)cc1CNC(=O)C1CCCN1C(=O)c1cc(C(O)c2ccccn2)c[nH]1. The van der Waals surface area contributed by atoms with E-state index in [4.69, 9.17) is 17.3 Å². The highest BCUT2D eigenvalue weighted by Gasteiger charge is 2.35. The minimum Gasteiger partial charge on any atom is -0.382 e. The average Bonchev–Trinajstić information content (AvgIpc) is 3.53. The van der Waals surface area contributed by atoms with E-state index in [1.165, 1.54) is 0 Å². The second-order valence-electron chi connectivity index (χ2n) is 8.00. The van der Waals surface area contributed by atoms with E-state index in [0.717, 1.165) is 17.5 Å². The summed E-state index contributed by atoms with van der Waals surface area (Å²) in [5.41, 5.74) is 8.89. The molecule has 1 fully saturated rings. The third-order valence-electron chi connectivity index (χ3n) is 5.88. The number of H-pyrrole nitrogens is 1. The number of halogens is 1. The van der Waals surface area contributed by atoms with E-state index in [2.05, 4.69) is 15.3 Å². The number of aliphatic hydroxyl groups is 1. The quantitative estimate of drug-likeness (QED) is 0.425. The van der Waals surface area contributed by atoms with Crippen LogP contribution in [0.15, 0.2) is 54.9 Å². The number of amides is 2. The molecule has 2 atom stereocenters. The molecule has 0 bridgehead atoms. The third kappa shape index (κ3) is 5.08. The van der Waals surface area contributed by atoms with Gasteiger partial charge >= 0.3 is 0 Å². The Hall–Kier alpha value is -3.20. The maximum Gasteiger partial charge on any atom is 0.270 e. The standard InChI is InChI=1S/C24H26ClN5O3/c25-18-7-6-15(12-26)16(10-18)13-29-23(32)21-5-3-9-30(21)24(33)20-11-17(14-28-20)22(31)19-4-1-2-8-27-19/h1-2,4,6-8,10-11,14,21-22,28,31H,3,5,9,12-13,26H2,(H,29,32). The van der Waals surface area contributed by atoms with E-state index in [9.17, 15) is 14.7 Å². The largest absolute Gasteiger partial charge is 0.382 e. The first-order chi connectivity index (χ1) is 16.0. The molecule has 5 N–H and O–H groups in total. The van der Waals surface area contributed by atoms with Crippen molar-refractivity contribution < 1.29 is 14.7 Å². The summed E-state index contributed by atoms with van der Waals surface area (Å²) in [5, 5.41) is 14.0. The highest BCUT2D eigenvalue weighted by Crippen LogP contribution is 2.24. The highest BCUT2D eigenvalue weighted by molar-refractivity contribution is 6.30. The molecular formula is C24H26ClN5O3. The third-order valence-corrected chi connectivity index (χ3v) is 6.11. The van der Waals surface area contributed by atoms with Crippen LogP contribution in [0.1, 0.15) is 51.8 Å². The molecule has 172 valence electrons. The Balaban J connectivity index is 1.43. The Morgan fingerprint density at radius 1 is 1.27 bits per heavy atom. The van der Waals surface area contributed by atoms with Crippen molar-refractivity contribution in [3.8, 4) is 0 Å². The van der Waals surface area contributed by atoms with E-state index in [1.807, 2.05) is 6.07 Å². The first-order valence-electron chi connectivity index (χ1n) is 10.8. The van der Waals surface area contributed by atoms with Crippen molar-refractivity contribution >= 4 is 23.4 Å². The molecule has 4 rings (SSSR count). The number of rotatable bonds is 7. The minimum atomic E-state index is -0.948. The molecule has 3 aromatic rings. The topological polar surface area (TPSA) is 124 Å². The zero-order valence-electron chi connectivity index (χ0n) is 18.0. The summed E-state index contributed by atoms with van der Waals surface area (Å²) in [5.74, 6) is -0.498. The van der Waals surface area contributed by atoms with Crippen molar-refractivity contribution in [3.05, 3.63) is 88.0 Å². The van der Waals surface area contributed by atoms with Gasteiger partial charge in [-0.2, -0.15) is 0 Å². The van der Waals surface area contributed by atoms with Gasteiger partial charge in [0, 0.05) is 42.6 Å². The fourth-order valence-electron chi connectivity index (χ4n) is 4.10. The number of carbonyl (C=O) groups is 2. The summed E-state index contributed by atoms with van der Waals surface area (Å²) in [6.45, 7) is 1.11. The van der Waals surface area contributed by atoms with Gasteiger partial charge in [0.05, 0.1) is 5.69 Å². The molecule has 1 saturated heterocycles. The summed E-state index contributed by atoms with van der Waals surface area (Å²) in [6, 6.07) is 11.7. The summed E-state index contributed by atoms with van der Waals surface area (Å²) in [7, 11) is 0. The monoisotopic (exact) mass is 467 g/mol. The van der Waals surface area contributed by atoms with Crippen molar-refractivity contribution in [2.24, 2.45) is 5.73 Å².